The highest BCUT2D eigenvalue weighted by Crippen LogP contribution is 2.31. The first-order valence-corrected chi connectivity index (χ1v) is 10.2. The third-order valence-electron chi connectivity index (χ3n) is 4.46. The molecule has 0 atom stereocenters. The summed E-state index contributed by atoms with van der Waals surface area (Å²) in [6, 6.07) is 0. The number of aromatic nitrogens is 5. The third kappa shape index (κ3) is 3.10. The molecule has 144 valence electrons. The van der Waals surface area contributed by atoms with Gasteiger partial charge in [0.15, 0.2) is 5.65 Å². The molecule has 4 N–H and O–H groups in total. The van der Waals surface area contributed by atoms with Gasteiger partial charge >= 0.3 is 0 Å². The van der Waals surface area contributed by atoms with E-state index < -0.39 is 0 Å². The second kappa shape index (κ2) is 7.21. The average molecular weight is 414 g/mol. The van der Waals surface area contributed by atoms with E-state index in [1.807, 2.05) is 30.7 Å². The molecule has 0 aromatic carbocycles. The zero-order valence-electron chi connectivity index (χ0n) is 15.4. The van der Waals surface area contributed by atoms with Gasteiger partial charge in [0, 0.05) is 18.9 Å². The summed E-state index contributed by atoms with van der Waals surface area (Å²) in [5.74, 6) is 0. The second-order valence-electron chi connectivity index (χ2n) is 6.24. The SMILES string of the molecule is C/C=C(/C=C\N)Cc1nc2c(s1)c1cnn(Cc3ncc(N)s3)c(=O)c1n2C. The number of nitrogens with zero attached hydrogens (tertiary/aromatic N) is 5. The normalized spacial score (nSPS) is 12.7. The van der Waals surface area contributed by atoms with Crippen LogP contribution in [0, 0.1) is 0 Å². The van der Waals surface area contributed by atoms with Gasteiger partial charge < -0.3 is 16.0 Å². The minimum absolute atomic E-state index is 0.166. The van der Waals surface area contributed by atoms with Crippen LogP contribution in [-0.4, -0.2) is 24.3 Å². The van der Waals surface area contributed by atoms with E-state index in [2.05, 4.69) is 10.1 Å². The molecule has 0 amide bonds. The molecule has 0 bridgehead atoms. The lowest BCUT2D eigenvalue weighted by Gasteiger charge is -2.03. The lowest BCUT2D eigenvalue weighted by atomic mass is 10.2. The number of nitrogen functional groups attached to an aromatic ring is 1. The van der Waals surface area contributed by atoms with Crippen molar-refractivity contribution < 1.29 is 0 Å². The van der Waals surface area contributed by atoms with Gasteiger partial charge in [-0.25, -0.2) is 14.6 Å². The first-order valence-electron chi connectivity index (χ1n) is 8.59. The Bertz CT molecular complexity index is 1290. The second-order valence-corrected chi connectivity index (χ2v) is 8.48. The van der Waals surface area contributed by atoms with Crippen LogP contribution < -0.4 is 17.0 Å². The van der Waals surface area contributed by atoms with Crippen molar-refractivity contribution >= 4 is 48.9 Å². The van der Waals surface area contributed by atoms with E-state index in [9.17, 15) is 4.79 Å². The Morgan fingerprint density at radius 1 is 1.29 bits per heavy atom. The summed E-state index contributed by atoms with van der Waals surface area (Å²) < 4.78 is 4.22. The van der Waals surface area contributed by atoms with E-state index >= 15 is 0 Å². The van der Waals surface area contributed by atoms with Crippen LogP contribution in [0.2, 0.25) is 0 Å². The fourth-order valence-electron chi connectivity index (χ4n) is 3.10. The van der Waals surface area contributed by atoms with Crippen LogP contribution in [0.5, 0.6) is 0 Å². The minimum atomic E-state index is -0.166. The van der Waals surface area contributed by atoms with Gasteiger partial charge in [-0.05, 0) is 24.8 Å². The fraction of sp³-hybridized carbons (Fsp3) is 0.222. The summed E-state index contributed by atoms with van der Waals surface area (Å²) >= 11 is 2.93. The first-order chi connectivity index (χ1) is 13.5. The lowest BCUT2D eigenvalue weighted by Crippen LogP contribution is -2.24. The van der Waals surface area contributed by atoms with Crippen LogP contribution >= 0.6 is 22.7 Å². The Morgan fingerprint density at radius 2 is 2.11 bits per heavy atom. The molecule has 4 heterocycles. The van der Waals surface area contributed by atoms with Gasteiger partial charge in [0.1, 0.15) is 20.5 Å². The molecule has 4 rings (SSSR count). The van der Waals surface area contributed by atoms with Crippen LogP contribution in [0.3, 0.4) is 0 Å². The summed E-state index contributed by atoms with van der Waals surface area (Å²) in [5, 5.41) is 7.49. The quantitative estimate of drug-likeness (QED) is 0.485. The molecule has 0 radical (unpaired) electrons. The number of fused-ring (bicyclic) bond motifs is 3. The Hall–Kier alpha value is -2.98. The predicted octanol–water partition coefficient (Wildman–Crippen LogP) is 2.39. The van der Waals surface area contributed by atoms with E-state index in [1.165, 1.54) is 22.2 Å². The molecule has 4 aromatic heterocycles. The number of thiazole rings is 2. The van der Waals surface area contributed by atoms with Crippen molar-refractivity contribution in [2.24, 2.45) is 12.8 Å². The van der Waals surface area contributed by atoms with Crippen molar-refractivity contribution in [3.05, 3.63) is 56.7 Å². The number of aryl methyl sites for hydroxylation is 1. The molecule has 0 aliphatic heterocycles. The Morgan fingerprint density at radius 3 is 2.79 bits per heavy atom. The molecule has 0 aliphatic rings. The highest BCUT2D eigenvalue weighted by atomic mass is 32.1. The van der Waals surface area contributed by atoms with Gasteiger partial charge in [-0.2, -0.15) is 5.10 Å². The van der Waals surface area contributed by atoms with E-state index in [0.717, 1.165) is 31.3 Å². The van der Waals surface area contributed by atoms with Crippen LogP contribution in [-0.2, 0) is 20.0 Å². The van der Waals surface area contributed by atoms with Gasteiger partial charge in [0.25, 0.3) is 5.56 Å². The molecular formula is C18H19N7OS2. The van der Waals surface area contributed by atoms with Gasteiger partial charge in [-0.15, -0.1) is 11.3 Å². The maximum Gasteiger partial charge on any atom is 0.291 e. The van der Waals surface area contributed by atoms with Crippen molar-refractivity contribution in [2.75, 3.05) is 5.73 Å². The largest absolute Gasteiger partial charge is 0.405 e. The zero-order chi connectivity index (χ0) is 19.8. The average Bonchev–Trinajstić information content (AvgIpc) is 3.34. The molecule has 0 saturated carbocycles. The van der Waals surface area contributed by atoms with E-state index in [4.69, 9.17) is 16.5 Å². The Balaban J connectivity index is 1.77. The maximum atomic E-state index is 13.0. The number of hydrogen-bond acceptors (Lipinski definition) is 8. The number of allylic oxidation sites excluding steroid dienone is 3. The van der Waals surface area contributed by atoms with Crippen LogP contribution in [0.4, 0.5) is 5.00 Å². The maximum absolute atomic E-state index is 13.0. The molecule has 0 unspecified atom stereocenters. The van der Waals surface area contributed by atoms with Gasteiger partial charge in [-0.1, -0.05) is 17.4 Å². The molecule has 8 nitrogen and oxygen atoms in total. The lowest BCUT2D eigenvalue weighted by molar-refractivity contribution is 0.641. The summed E-state index contributed by atoms with van der Waals surface area (Å²) in [7, 11) is 1.86. The summed E-state index contributed by atoms with van der Waals surface area (Å²) in [6.07, 6.45) is 9.43. The molecule has 0 saturated heterocycles. The van der Waals surface area contributed by atoms with Gasteiger partial charge in [0.2, 0.25) is 0 Å². The molecule has 0 fully saturated rings. The molecule has 10 heteroatoms. The van der Waals surface area contributed by atoms with E-state index in [0.29, 0.717) is 23.5 Å². The van der Waals surface area contributed by atoms with E-state index in [-0.39, 0.29) is 5.56 Å². The van der Waals surface area contributed by atoms with Gasteiger partial charge in [-0.3, -0.25) is 4.79 Å². The summed E-state index contributed by atoms with van der Waals surface area (Å²) in [6.45, 7) is 2.27. The highest BCUT2D eigenvalue weighted by molar-refractivity contribution is 7.19. The molecule has 0 spiro atoms. The first kappa shape index (κ1) is 18.4. The zero-order valence-corrected chi connectivity index (χ0v) is 17.0. The van der Waals surface area contributed by atoms with E-state index in [1.54, 1.807) is 23.7 Å². The van der Waals surface area contributed by atoms with Gasteiger partial charge in [0.05, 0.1) is 23.6 Å². The summed E-state index contributed by atoms with van der Waals surface area (Å²) in [4.78, 5) is 21.9. The monoisotopic (exact) mass is 413 g/mol. The van der Waals surface area contributed by atoms with Crippen molar-refractivity contribution in [2.45, 2.75) is 19.9 Å². The molecular weight excluding hydrogens is 394 g/mol. The van der Waals surface area contributed by atoms with Crippen molar-refractivity contribution in [3.63, 3.8) is 0 Å². The minimum Gasteiger partial charge on any atom is -0.405 e. The number of nitrogens with two attached hydrogens (primary N) is 2. The smallest absolute Gasteiger partial charge is 0.291 e. The van der Waals surface area contributed by atoms with Crippen molar-refractivity contribution in [1.29, 1.82) is 0 Å². The Kier molecular flexibility index (Phi) is 4.73. The number of rotatable bonds is 5. The van der Waals surface area contributed by atoms with Crippen molar-refractivity contribution in [1.82, 2.24) is 24.3 Å². The Labute approximate surface area is 168 Å². The van der Waals surface area contributed by atoms with Crippen LogP contribution in [0.1, 0.15) is 16.9 Å². The number of hydrogen-bond donors (Lipinski definition) is 2. The molecule has 28 heavy (non-hydrogen) atoms. The molecule has 0 aliphatic carbocycles. The molecule has 4 aromatic rings. The fourth-order valence-corrected chi connectivity index (χ4v) is 4.91. The highest BCUT2D eigenvalue weighted by Gasteiger charge is 2.18. The predicted molar refractivity (Wildman–Crippen MR) is 115 cm³/mol. The standard InChI is InChI=1S/C18H19N7OS2/c1-3-10(4-5-19)6-13-23-17-16(28-13)11-7-22-25(18(26)15(11)24(17)2)9-14-21-8-12(20)27-14/h3-5,7-8H,6,9,19-20H2,1-2H3/b5-4-,10-3-. The third-order valence-corrected chi connectivity index (χ3v) is 6.35. The summed E-state index contributed by atoms with van der Waals surface area (Å²) in [5.41, 5.74) is 13.5. The topological polar surface area (TPSA) is 118 Å². The van der Waals surface area contributed by atoms with Crippen LogP contribution in [0.15, 0.2) is 41.1 Å². The number of anilines is 1. The van der Waals surface area contributed by atoms with Crippen LogP contribution in [0.25, 0.3) is 21.3 Å². The van der Waals surface area contributed by atoms with Crippen molar-refractivity contribution in [3.8, 4) is 0 Å².